The van der Waals surface area contributed by atoms with E-state index in [1.54, 1.807) is 4.31 Å². The first-order chi connectivity index (χ1) is 13.1. The molecule has 0 radical (unpaired) electrons. The number of sulfonamides is 1. The average Bonchev–Trinajstić information content (AvgIpc) is 2.98. The zero-order chi connectivity index (χ0) is 20.3. The minimum atomic E-state index is -3.48. The van der Waals surface area contributed by atoms with E-state index in [0.29, 0.717) is 50.0 Å². The van der Waals surface area contributed by atoms with Gasteiger partial charge in [0.15, 0.2) is 0 Å². The highest BCUT2D eigenvalue weighted by Crippen LogP contribution is 2.64. The maximum Gasteiger partial charge on any atom is 0.215 e. The summed E-state index contributed by atoms with van der Waals surface area (Å²) in [5.74, 6) is 0.460. The van der Waals surface area contributed by atoms with Crippen LogP contribution in [0.4, 0.5) is 5.69 Å². The van der Waals surface area contributed by atoms with E-state index in [0.717, 1.165) is 17.7 Å². The maximum atomic E-state index is 13.3. The van der Waals surface area contributed by atoms with Gasteiger partial charge in [-0.1, -0.05) is 31.5 Å². The van der Waals surface area contributed by atoms with Crippen molar-refractivity contribution < 1.29 is 13.2 Å². The van der Waals surface area contributed by atoms with Crippen molar-refractivity contribution in [3.63, 3.8) is 0 Å². The molecule has 154 valence electrons. The van der Waals surface area contributed by atoms with Crippen molar-refractivity contribution in [3.8, 4) is 0 Å². The quantitative estimate of drug-likeness (QED) is 0.742. The third kappa shape index (κ3) is 2.99. The van der Waals surface area contributed by atoms with E-state index in [1.807, 2.05) is 25.1 Å². The molecule has 2 bridgehead atoms. The zero-order valence-electron chi connectivity index (χ0n) is 16.9. The fraction of sp³-hybridized carbons (Fsp3) is 0.667. The first kappa shape index (κ1) is 20.2. The number of hydrogen-bond acceptors (Lipinski definition) is 4. The molecule has 0 N–H and O–H groups in total. The first-order valence-electron chi connectivity index (χ1n) is 10.1. The summed E-state index contributed by atoms with van der Waals surface area (Å²) < 4.78 is 28.1. The van der Waals surface area contributed by atoms with Crippen LogP contribution in [0.5, 0.6) is 0 Å². The fourth-order valence-electron chi connectivity index (χ4n) is 5.64. The second-order valence-corrected chi connectivity index (χ2v) is 11.6. The van der Waals surface area contributed by atoms with Gasteiger partial charge in [-0.3, -0.25) is 4.79 Å². The number of carbonyl (C=O) groups is 1. The molecule has 3 fully saturated rings. The number of anilines is 1. The van der Waals surface area contributed by atoms with Crippen LogP contribution in [0.15, 0.2) is 18.2 Å². The van der Waals surface area contributed by atoms with E-state index in [1.165, 1.54) is 0 Å². The lowest BCUT2D eigenvalue weighted by Crippen LogP contribution is -2.52. The number of fused-ring (bicyclic) bond motifs is 2. The van der Waals surface area contributed by atoms with E-state index < -0.39 is 15.4 Å². The summed E-state index contributed by atoms with van der Waals surface area (Å²) in [4.78, 5) is 14.9. The van der Waals surface area contributed by atoms with Crippen molar-refractivity contribution in [3.05, 3.63) is 28.8 Å². The van der Waals surface area contributed by atoms with Crippen LogP contribution in [0, 0.1) is 23.7 Å². The van der Waals surface area contributed by atoms with Crippen LogP contribution in [-0.4, -0.2) is 50.4 Å². The average molecular weight is 425 g/mol. The summed E-state index contributed by atoms with van der Waals surface area (Å²) >= 11 is 6.14. The Balaban J connectivity index is 1.49. The summed E-state index contributed by atoms with van der Waals surface area (Å²) in [7, 11) is -3.48. The molecule has 2 atom stereocenters. The summed E-state index contributed by atoms with van der Waals surface area (Å²) in [6.07, 6.45) is 2.23. The number of halogens is 1. The van der Waals surface area contributed by atoms with Crippen LogP contribution in [0.1, 0.15) is 38.7 Å². The molecule has 1 aliphatic heterocycles. The Hall–Kier alpha value is -1.11. The minimum Gasteiger partial charge on any atom is -0.369 e. The number of piperazine rings is 1. The van der Waals surface area contributed by atoms with Crippen LogP contribution in [0.25, 0.3) is 0 Å². The molecule has 7 heteroatoms. The fourth-order valence-corrected chi connectivity index (χ4v) is 8.01. The monoisotopic (exact) mass is 424 g/mol. The molecule has 0 spiro atoms. The van der Waals surface area contributed by atoms with Crippen molar-refractivity contribution in [2.45, 2.75) is 40.0 Å². The molecule has 3 aliphatic rings. The number of carbonyl (C=O) groups excluding carboxylic acids is 1. The van der Waals surface area contributed by atoms with E-state index in [9.17, 15) is 13.2 Å². The van der Waals surface area contributed by atoms with Gasteiger partial charge in [-0.2, -0.15) is 4.31 Å². The summed E-state index contributed by atoms with van der Waals surface area (Å²) in [6.45, 7) is 8.37. The lowest BCUT2D eigenvalue weighted by atomic mass is 9.70. The first-order valence-corrected chi connectivity index (χ1v) is 12.1. The molecule has 2 aliphatic carbocycles. The molecule has 2 saturated carbocycles. The van der Waals surface area contributed by atoms with Crippen molar-refractivity contribution >= 4 is 33.1 Å². The van der Waals surface area contributed by atoms with Crippen LogP contribution in [-0.2, 0) is 14.8 Å². The van der Waals surface area contributed by atoms with Crippen LogP contribution < -0.4 is 4.90 Å². The third-order valence-corrected chi connectivity index (χ3v) is 9.96. The highest BCUT2D eigenvalue weighted by Gasteiger charge is 2.65. The Morgan fingerprint density at radius 1 is 1.18 bits per heavy atom. The molecule has 4 rings (SSSR count). The number of aryl methyl sites for hydroxylation is 1. The number of hydrogen-bond donors (Lipinski definition) is 0. The Morgan fingerprint density at radius 3 is 2.43 bits per heavy atom. The van der Waals surface area contributed by atoms with Crippen LogP contribution in [0.3, 0.4) is 0 Å². The predicted octanol–water partition coefficient (Wildman–Crippen LogP) is 3.50. The Kier molecular flexibility index (Phi) is 4.83. The minimum absolute atomic E-state index is 0.0292. The van der Waals surface area contributed by atoms with Crippen molar-refractivity contribution in [2.24, 2.45) is 16.7 Å². The van der Waals surface area contributed by atoms with E-state index in [2.05, 4.69) is 18.7 Å². The van der Waals surface area contributed by atoms with Gasteiger partial charge < -0.3 is 4.90 Å². The van der Waals surface area contributed by atoms with Gasteiger partial charge in [0.2, 0.25) is 10.0 Å². The van der Waals surface area contributed by atoms with E-state index in [-0.39, 0.29) is 17.0 Å². The SMILES string of the molecule is Cc1ccc(Cl)cc1N1CCN(S(=O)(=O)C[C@@]23CC[C@H](CC2=O)C3(C)C)CC1. The second kappa shape index (κ2) is 6.71. The standard InChI is InChI=1S/C21H29ClN2O3S/c1-15-4-5-17(22)13-18(15)23-8-10-24(11-9-23)28(26,27)14-21-7-6-16(12-19(21)25)20(21,2)3/h4-5,13,16H,6-12,14H2,1-3H3/t16-,21+/m1/s1. The topological polar surface area (TPSA) is 57.7 Å². The Labute approximate surface area is 173 Å². The molecule has 0 unspecified atom stereocenters. The summed E-state index contributed by atoms with van der Waals surface area (Å²) in [6, 6.07) is 5.80. The zero-order valence-corrected chi connectivity index (χ0v) is 18.4. The summed E-state index contributed by atoms with van der Waals surface area (Å²) in [5, 5.41) is 0.688. The molecule has 28 heavy (non-hydrogen) atoms. The van der Waals surface area contributed by atoms with Gasteiger partial charge in [0.05, 0.1) is 5.75 Å². The lowest BCUT2D eigenvalue weighted by molar-refractivity contribution is -0.128. The van der Waals surface area contributed by atoms with E-state index >= 15 is 0 Å². The Bertz CT molecular complexity index is 906. The highest BCUT2D eigenvalue weighted by atomic mass is 35.5. The van der Waals surface area contributed by atoms with Crippen molar-refractivity contribution in [1.82, 2.24) is 4.31 Å². The number of ketones is 1. The van der Waals surface area contributed by atoms with Gasteiger partial charge in [-0.25, -0.2) is 8.42 Å². The van der Waals surface area contributed by atoms with Crippen LogP contribution in [0.2, 0.25) is 5.02 Å². The molecule has 0 amide bonds. The van der Waals surface area contributed by atoms with Crippen molar-refractivity contribution in [2.75, 3.05) is 36.8 Å². The largest absolute Gasteiger partial charge is 0.369 e. The summed E-state index contributed by atoms with van der Waals surface area (Å²) in [5.41, 5.74) is 1.28. The smallest absolute Gasteiger partial charge is 0.215 e. The number of rotatable bonds is 4. The Morgan fingerprint density at radius 2 is 1.86 bits per heavy atom. The molecule has 5 nitrogen and oxygen atoms in total. The molecular formula is C21H29ClN2O3S. The number of Topliss-reactive ketones (excluding diaryl/α,β-unsaturated/α-hetero) is 1. The van der Waals surface area contributed by atoms with E-state index in [4.69, 9.17) is 11.6 Å². The van der Waals surface area contributed by atoms with Gasteiger partial charge in [-0.15, -0.1) is 0 Å². The van der Waals surface area contributed by atoms with Gasteiger partial charge >= 0.3 is 0 Å². The van der Waals surface area contributed by atoms with Crippen LogP contribution >= 0.6 is 11.6 Å². The van der Waals surface area contributed by atoms with Gasteiger partial charge in [0, 0.05) is 48.7 Å². The second-order valence-electron chi connectivity index (χ2n) is 9.24. The third-order valence-electron chi connectivity index (χ3n) is 7.71. The number of benzene rings is 1. The normalized spacial score (nSPS) is 30.2. The highest BCUT2D eigenvalue weighted by molar-refractivity contribution is 7.89. The molecule has 0 aromatic heterocycles. The van der Waals surface area contributed by atoms with Gasteiger partial charge in [0.25, 0.3) is 0 Å². The molecular weight excluding hydrogens is 396 g/mol. The molecule has 1 aromatic carbocycles. The molecule has 1 heterocycles. The predicted molar refractivity (Wildman–Crippen MR) is 112 cm³/mol. The van der Waals surface area contributed by atoms with Gasteiger partial charge in [-0.05, 0) is 48.8 Å². The maximum absolute atomic E-state index is 13.3. The van der Waals surface area contributed by atoms with Crippen molar-refractivity contribution in [1.29, 1.82) is 0 Å². The molecule has 1 aromatic rings. The number of nitrogens with zero attached hydrogens (tertiary/aromatic N) is 2. The lowest BCUT2D eigenvalue weighted by Gasteiger charge is -2.40. The van der Waals surface area contributed by atoms with Gasteiger partial charge in [0.1, 0.15) is 5.78 Å². The molecule has 1 saturated heterocycles.